The molecule has 19 heavy (non-hydrogen) atoms. The second-order valence-corrected chi connectivity index (χ2v) is 4.47. The molecule has 0 aromatic rings. The van der Waals surface area contributed by atoms with Gasteiger partial charge in [-0.2, -0.15) is 0 Å². The van der Waals surface area contributed by atoms with Crippen LogP contribution >= 0.6 is 0 Å². The predicted molar refractivity (Wildman–Crippen MR) is 70.8 cm³/mol. The fourth-order valence-corrected chi connectivity index (χ4v) is 2.62. The maximum absolute atomic E-state index is 12.0. The lowest BCUT2D eigenvalue weighted by atomic mass is 9.71. The molecule has 4 amide bonds. The van der Waals surface area contributed by atoms with E-state index in [-0.39, 0.29) is 0 Å². The third kappa shape index (κ3) is 2.53. The Labute approximate surface area is 112 Å². The van der Waals surface area contributed by atoms with E-state index in [4.69, 9.17) is 0 Å². The van der Waals surface area contributed by atoms with Crippen molar-refractivity contribution in [3.8, 4) is 12.8 Å². The number of hydrogen-bond donors (Lipinski definition) is 2. The number of terminal acetylenes is 1. The number of allylic oxidation sites excluding steroid dienone is 1. The van der Waals surface area contributed by atoms with Gasteiger partial charge >= 0.3 is 6.03 Å². The van der Waals surface area contributed by atoms with Gasteiger partial charge in [-0.1, -0.05) is 13.0 Å². The Morgan fingerprint density at radius 1 is 1.16 bits per heavy atom. The zero-order valence-electron chi connectivity index (χ0n) is 11.0. The molecule has 1 fully saturated rings. The topological polar surface area (TPSA) is 75.3 Å². The van der Waals surface area contributed by atoms with Crippen LogP contribution in [-0.4, -0.2) is 17.8 Å². The molecule has 5 nitrogen and oxygen atoms in total. The molecule has 102 valence electrons. The second kappa shape index (κ2) is 6.19. The zero-order valence-corrected chi connectivity index (χ0v) is 11.0. The molecule has 0 aromatic heterocycles. The number of carbonyl (C=O) groups excluding carboxylic acids is 3. The van der Waals surface area contributed by atoms with Gasteiger partial charge in [-0.25, -0.2) is 4.79 Å². The maximum Gasteiger partial charge on any atom is 0.328 e. The molecule has 1 aliphatic heterocycles. The van der Waals surface area contributed by atoms with Crippen molar-refractivity contribution in [1.82, 2.24) is 10.6 Å². The van der Waals surface area contributed by atoms with Gasteiger partial charge in [-0.15, -0.1) is 12.8 Å². The van der Waals surface area contributed by atoms with Crippen LogP contribution in [-0.2, 0) is 9.59 Å². The van der Waals surface area contributed by atoms with E-state index in [1.165, 1.54) is 0 Å². The summed E-state index contributed by atoms with van der Waals surface area (Å²) in [7, 11) is 0. The van der Waals surface area contributed by atoms with E-state index in [0.717, 1.165) is 31.3 Å². The number of imide groups is 2. The van der Waals surface area contributed by atoms with Crippen LogP contribution in [0.5, 0.6) is 0 Å². The summed E-state index contributed by atoms with van der Waals surface area (Å²) in [4.78, 5) is 35.2. The number of nitrogens with one attached hydrogen (secondary N) is 2. The molecule has 2 rings (SSSR count). The molecule has 0 aromatic carbocycles. The van der Waals surface area contributed by atoms with Crippen LogP contribution in [0.25, 0.3) is 0 Å². The molecule has 1 aliphatic carbocycles. The minimum atomic E-state index is -1.17. The molecule has 0 spiro atoms. The van der Waals surface area contributed by atoms with Crippen molar-refractivity contribution in [3.05, 3.63) is 11.6 Å². The number of barbiturate groups is 1. The van der Waals surface area contributed by atoms with E-state index in [2.05, 4.69) is 23.5 Å². The SMILES string of the molecule is C#C.CCC1(C2=CCCCC2)C(=O)NC(=O)NC1=O. The van der Waals surface area contributed by atoms with Crippen LogP contribution in [0.2, 0.25) is 0 Å². The first-order valence-corrected chi connectivity index (χ1v) is 6.31. The Bertz CT molecular complexity index is 429. The minimum Gasteiger partial charge on any atom is -0.277 e. The highest BCUT2D eigenvalue weighted by Crippen LogP contribution is 2.39. The van der Waals surface area contributed by atoms with Crippen LogP contribution in [0.15, 0.2) is 11.6 Å². The van der Waals surface area contributed by atoms with Gasteiger partial charge in [0.25, 0.3) is 0 Å². The maximum atomic E-state index is 12.0. The van der Waals surface area contributed by atoms with E-state index < -0.39 is 23.3 Å². The van der Waals surface area contributed by atoms with Crippen LogP contribution in [0.1, 0.15) is 39.0 Å². The van der Waals surface area contributed by atoms with Gasteiger partial charge in [0, 0.05) is 0 Å². The molecule has 1 heterocycles. The van der Waals surface area contributed by atoms with E-state index in [9.17, 15) is 14.4 Å². The van der Waals surface area contributed by atoms with E-state index >= 15 is 0 Å². The summed E-state index contributed by atoms with van der Waals surface area (Å²) in [6, 6.07) is -0.722. The third-order valence-electron chi connectivity index (χ3n) is 3.60. The van der Waals surface area contributed by atoms with E-state index in [1.54, 1.807) is 6.92 Å². The van der Waals surface area contributed by atoms with Crippen molar-refractivity contribution in [2.24, 2.45) is 5.41 Å². The fraction of sp³-hybridized carbons (Fsp3) is 0.500. The third-order valence-corrected chi connectivity index (χ3v) is 3.60. The van der Waals surface area contributed by atoms with Crippen LogP contribution in [0, 0.1) is 18.3 Å². The Morgan fingerprint density at radius 2 is 1.74 bits per heavy atom. The Morgan fingerprint density at radius 3 is 2.16 bits per heavy atom. The lowest BCUT2D eigenvalue weighted by molar-refractivity contribution is -0.142. The van der Waals surface area contributed by atoms with Crippen molar-refractivity contribution in [2.75, 3.05) is 0 Å². The molecule has 0 unspecified atom stereocenters. The second-order valence-electron chi connectivity index (χ2n) is 4.47. The van der Waals surface area contributed by atoms with Gasteiger partial charge in [0.2, 0.25) is 11.8 Å². The average Bonchev–Trinajstić information content (AvgIpc) is 2.42. The number of rotatable bonds is 2. The summed E-state index contributed by atoms with van der Waals surface area (Å²) in [6.45, 7) is 1.80. The van der Waals surface area contributed by atoms with Gasteiger partial charge in [0.05, 0.1) is 0 Å². The monoisotopic (exact) mass is 262 g/mol. The molecule has 1 saturated heterocycles. The molecule has 2 aliphatic rings. The smallest absolute Gasteiger partial charge is 0.277 e. The molecule has 2 N–H and O–H groups in total. The standard InChI is InChI=1S/C12H16N2O3.C2H2/c1-2-12(8-6-4-3-5-7-8)9(15)13-11(17)14-10(12)16;1-2/h6H,2-5,7H2,1H3,(H2,13,14,15,16,17);1-2H. The summed E-state index contributed by atoms with van der Waals surface area (Å²) in [5, 5.41) is 4.40. The van der Waals surface area contributed by atoms with Gasteiger partial charge in [-0.05, 0) is 37.7 Å². The van der Waals surface area contributed by atoms with Crippen LogP contribution in [0.3, 0.4) is 0 Å². The van der Waals surface area contributed by atoms with Crippen molar-refractivity contribution >= 4 is 17.8 Å². The highest BCUT2D eigenvalue weighted by atomic mass is 16.2. The number of hydrogen-bond acceptors (Lipinski definition) is 3. The molecule has 0 atom stereocenters. The van der Waals surface area contributed by atoms with Gasteiger partial charge in [0.1, 0.15) is 5.41 Å². The molecule has 5 heteroatoms. The fourth-order valence-electron chi connectivity index (χ4n) is 2.62. The first kappa shape index (κ1) is 15.0. The lowest BCUT2D eigenvalue weighted by Crippen LogP contribution is -2.63. The zero-order chi connectivity index (χ0) is 14.5. The number of carbonyl (C=O) groups is 3. The number of urea groups is 1. The van der Waals surface area contributed by atoms with Crippen LogP contribution < -0.4 is 10.6 Å². The molecular weight excluding hydrogens is 244 g/mol. The first-order valence-electron chi connectivity index (χ1n) is 6.31. The Hall–Kier alpha value is -2.09. The van der Waals surface area contributed by atoms with E-state index in [1.807, 2.05) is 6.08 Å². The highest BCUT2D eigenvalue weighted by Gasteiger charge is 2.51. The van der Waals surface area contributed by atoms with Gasteiger partial charge < -0.3 is 0 Å². The largest absolute Gasteiger partial charge is 0.328 e. The Balaban J connectivity index is 0.000000861. The van der Waals surface area contributed by atoms with Crippen molar-refractivity contribution < 1.29 is 14.4 Å². The summed E-state index contributed by atoms with van der Waals surface area (Å²) in [6.07, 6.45) is 14.1. The van der Waals surface area contributed by atoms with Gasteiger partial charge in [-0.3, -0.25) is 20.2 Å². The van der Waals surface area contributed by atoms with Crippen molar-refractivity contribution in [3.63, 3.8) is 0 Å². The number of amides is 4. The molecule has 0 bridgehead atoms. The van der Waals surface area contributed by atoms with Crippen molar-refractivity contribution in [2.45, 2.75) is 39.0 Å². The van der Waals surface area contributed by atoms with Gasteiger partial charge in [0.15, 0.2) is 0 Å². The summed E-state index contributed by atoms with van der Waals surface area (Å²) in [5.74, 6) is -0.969. The lowest BCUT2D eigenvalue weighted by Gasteiger charge is -2.36. The summed E-state index contributed by atoms with van der Waals surface area (Å²) in [5.41, 5.74) is -0.317. The summed E-state index contributed by atoms with van der Waals surface area (Å²) < 4.78 is 0. The van der Waals surface area contributed by atoms with Crippen molar-refractivity contribution in [1.29, 1.82) is 0 Å². The Kier molecular flexibility index (Phi) is 4.87. The molecular formula is C14H18N2O3. The molecule has 0 radical (unpaired) electrons. The predicted octanol–water partition coefficient (Wildman–Crippen LogP) is 1.50. The van der Waals surface area contributed by atoms with E-state index in [0.29, 0.717) is 6.42 Å². The molecule has 0 saturated carbocycles. The first-order chi connectivity index (χ1) is 9.11. The normalized spacial score (nSPS) is 21.4. The highest BCUT2D eigenvalue weighted by molar-refractivity contribution is 6.21. The quantitative estimate of drug-likeness (QED) is 0.450. The average molecular weight is 262 g/mol. The van der Waals surface area contributed by atoms with Crippen LogP contribution in [0.4, 0.5) is 4.79 Å². The minimum absolute atomic E-state index is 0.379. The summed E-state index contributed by atoms with van der Waals surface area (Å²) >= 11 is 0.